The molecule has 4 aromatic rings. The van der Waals surface area contributed by atoms with E-state index >= 15 is 0 Å². The minimum atomic E-state index is -0.262. The molecule has 0 aliphatic carbocycles. The van der Waals surface area contributed by atoms with E-state index in [1.807, 2.05) is 56.3 Å². The number of carbonyl (C=O) groups excluding carboxylic acids is 1. The van der Waals surface area contributed by atoms with Crippen LogP contribution in [0, 0.1) is 13.8 Å². The van der Waals surface area contributed by atoms with E-state index in [1.165, 1.54) is 0 Å². The number of amides is 1. The van der Waals surface area contributed by atoms with Crippen molar-refractivity contribution in [3.8, 4) is 5.69 Å². The zero-order valence-electron chi connectivity index (χ0n) is 15.3. The molecule has 0 saturated heterocycles. The second kappa shape index (κ2) is 7.41. The summed E-state index contributed by atoms with van der Waals surface area (Å²) in [5.74, 6) is -0.262. The number of anilines is 1. The minimum absolute atomic E-state index is 0.262. The van der Waals surface area contributed by atoms with Crippen molar-refractivity contribution >= 4 is 49.9 Å². The molecule has 4 rings (SSSR count). The summed E-state index contributed by atoms with van der Waals surface area (Å²) in [6.45, 7) is 3.82. The first-order chi connectivity index (χ1) is 13.4. The van der Waals surface area contributed by atoms with Crippen LogP contribution in [0.2, 0.25) is 5.02 Å². The van der Waals surface area contributed by atoms with Gasteiger partial charge in [-0.3, -0.25) is 4.79 Å². The van der Waals surface area contributed by atoms with E-state index in [0.29, 0.717) is 16.4 Å². The van der Waals surface area contributed by atoms with E-state index < -0.39 is 0 Å². The summed E-state index contributed by atoms with van der Waals surface area (Å²) in [5, 5.41) is 10.1. The Morgan fingerprint density at radius 1 is 1.00 bits per heavy atom. The molecule has 1 amide bonds. The lowest BCUT2D eigenvalue weighted by Crippen LogP contribution is -2.17. The van der Waals surface area contributed by atoms with Crippen molar-refractivity contribution < 1.29 is 4.79 Å². The number of rotatable bonds is 3. The number of fused-ring (bicyclic) bond motifs is 1. The third-order valence-corrected chi connectivity index (χ3v) is 5.27. The van der Waals surface area contributed by atoms with Crippen LogP contribution in [-0.4, -0.2) is 15.7 Å². The van der Waals surface area contributed by atoms with Gasteiger partial charge in [-0.15, -0.1) is 0 Å². The van der Waals surface area contributed by atoms with E-state index in [2.05, 4.69) is 32.4 Å². The number of hydrogen-bond acceptors (Lipinski definition) is 2. The predicted octanol–water partition coefficient (Wildman–Crippen LogP) is 6.31. The SMILES string of the molecule is Cc1ccc(NC(=O)c2cc(C)nn2-c2ccc3cc(Br)ccc3c2)c(Cl)c1. The molecular weight excluding hydrogens is 438 g/mol. The Morgan fingerprint density at radius 3 is 2.54 bits per heavy atom. The van der Waals surface area contributed by atoms with Crippen LogP contribution in [-0.2, 0) is 0 Å². The van der Waals surface area contributed by atoms with Crippen LogP contribution in [0.15, 0.2) is 65.1 Å². The second-order valence-corrected chi connectivity index (χ2v) is 8.02. The molecule has 1 N–H and O–H groups in total. The smallest absolute Gasteiger partial charge is 0.274 e. The van der Waals surface area contributed by atoms with Crippen LogP contribution in [0.1, 0.15) is 21.7 Å². The molecule has 0 bridgehead atoms. The predicted molar refractivity (Wildman–Crippen MR) is 118 cm³/mol. The van der Waals surface area contributed by atoms with Crippen LogP contribution in [0.3, 0.4) is 0 Å². The largest absolute Gasteiger partial charge is 0.319 e. The van der Waals surface area contributed by atoms with Gasteiger partial charge in [-0.25, -0.2) is 4.68 Å². The Morgan fingerprint density at radius 2 is 1.75 bits per heavy atom. The van der Waals surface area contributed by atoms with Gasteiger partial charge in [0.05, 0.1) is 22.1 Å². The van der Waals surface area contributed by atoms with Gasteiger partial charge in [0.15, 0.2) is 0 Å². The summed E-state index contributed by atoms with van der Waals surface area (Å²) >= 11 is 9.75. The Bertz CT molecular complexity index is 1220. The van der Waals surface area contributed by atoms with Crippen LogP contribution in [0.5, 0.6) is 0 Å². The van der Waals surface area contributed by atoms with E-state index in [-0.39, 0.29) is 5.91 Å². The summed E-state index contributed by atoms with van der Waals surface area (Å²) in [5.41, 5.74) is 3.64. The molecule has 6 heteroatoms. The third-order valence-electron chi connectivity index (χ3n) is 4.47. The van der Waals surface area contributed by atoms with Gasteiger partial charge in [-0.2, -0.15) is 5.10 Å². The van der Waals surface area contributed by atoms with E-state index in [1.54, 1.807) is 16.8 Å². The summed E-state index contributed by atoms with van der Waals surface area (Å²) in [7, 11) is 0. The monoisotopic (exact) mass is 453 g/mol. The van der Waals surface area contributed by atoms with Gasteiger partial charge in [-0.1, -0.05) is 45.7 Å². The van der Waals surface area contributed by atoms with Crippen molar-refractivity contribution in [1.82, 2.24) is 9.78 Å². The van der Waals surface area contributed by atoms with Gasteiger partial charge in [0.2, 0.25) is 0 Å². The highest BCUT2D eigenvalue weighted by Crippen LogP contribution is 2.25. The second-order valence-electron chi connectivity index (χ2n) is 6.70. The van der Waals surface area contributed by atoms with Crippen molar-refractivity contribution in [2.45, 2.75) is 13.8 Å². The quantitative estimate of drug-likeness (QED) is 0.394. The molecule has 4 nitrogen and oxygen atoms in total. The molecule has 3 aromatic carbocycles. The van der Waals surface area contributed by atoms with Gasteiger partial charge in [0, 0.05) is 4.47 Å². The van der Waals surface area contributed by atoms with E-state index in [0.717, 1.165) is 32.2 Å². The number of aromatic nitrogens is 2. The van der Waals surface area contributed by atoms with Gasteiger partial charge in [0.25, 0.3) is 5.91 Å². The van der Waals surface area contributed by atoms with Crippen LogP contribution in [0.25, 0.3) is 16.5 Å². The highest BCUT2D eigenvalue weighted by molar-refractivity contribution is 9.10. The maximum absolute atomic E-state index is 12.9. The number of nitrogens with one attached hydrogen (secondary N) is 1. The molecule has 0 saturated carbocycles. The molecule has 0 aliphatic rings. The maximum Gasteiger partial charge on any atom is 0.274 e. The minimum Gasteiger partial charge on any atom is -0.319 e. The van der Waals surface area contributed by atoms with Crippen molar-refractivity contribution in [3.05, 3.63) is 87.1 Å². The van der Waals surface area contributed by atoms with Gasteiger partial charge < -0.3 is 5.32 Å². The summed E-state index contributed by atoms with van der Waals surface area (Å²) in [6.07, 6.45) is 0. The first-order valence-electron chi connectivity index (χ1n) is 8.74. The zero-order chi connectivity index (χ0) is 19.8. The van der Waals surface area contributed by atoms with E-state index in [9.17, 15) is 4.79 Å². The Labute approximate surface area is 176 Å². The number of hydrogen-bond donors (Lipinski definition) is 1. The number of halogens is 2. The van der Waals surface area contributed by atoms with Crippen molar-refractivity contribution in [2.75, 3.05) is 5.32 Å². The Hall–Kier alpha value is -2.63. The molecule has 28 heavy (non-hydrogen) atoms. The highest BCUT2D eigenvalue weighted by Gasteiger charge is 2.17. The normalized spacial score (nSPS) is 11.0. The highest BCUT2D eigenvalue weighted by atomic mass is 79.9. The number of aryl methyl sites for hydroxylation is 2. The number of nitrogens with zero attached hydrogens (tertiary/aromatic N) is 2. The van der Waals surface area contributed by atoms with Crippen LogP contribution in [0.4, 0.5) is 5.69 Å². The third kappa shape index (κ3) is 3.68. The molecular formula is C22H17BrClN3O. The average Bonchev–Trinajstić information content (AvgIpc) is 3.05. The molecule has 0 aliphatic heterocycles. The molecule has 0 unspecified atom stereocenters. The molecule has 0 spiro atoms. The first-order valence-corrected chi connectivity index (χ1v) is 9.92. The number of carbonyl (C=O) groups is 1. The van der Waals surface area contributed by atoms with Crippen molar-refractivity contribution in [3.63, 3.8) is 0 Å². The molecule has 0 fully saturated rings. The number of benzene rings is 3. The lowest BCUT2D eigenvalue weighted by atomic mass is 10.1. The molecule has 0 atom stereocenters. The lowest BCUT2D eigenvalue weighted by Gasteiger charge is -2.11. The van der Waals surface area contributed by atoms with Gasteiger partial charge >= 0.3 is 0 Å². The fourth-order valence-electron chi connectivity index (χ4n) is 3.10. The first kappa shape index (κ1) is 18.7. The Kier molecular flexibility index (Phi) is 4.96. The topological polar surface area (TPSA) is 46.9 Å². The Balaban J connectivity index is 1.72. The summed E-state index contributed by atoms with van der Waals surface area (Å²) in [4.78, 5) is 12.9. The van der Waals surface area contributed by atoms with Crippen LogP contribution >= 0.6 is 27.5 Å². The standard InChI is InChI=1S/C22H17BrClN3O/c1-13-3-8-20(19(24)9-13)25-22(28)21-10-14(2)26-27(21)18-7-5-15-11-17(23)6-4-16(15)12-18/h3-12H,1-2H3,(H,25,28). The molecule has 0 radical (unpaired) electrons. The van der Waals surface area contributed by atoms with Gasteiger partial charge in [0.1, 0.15) is 5.69 Å². The average molecular weight is 455 g/mol. The van der Waals surface area contributed by atoms with Crippen molar-refractivity contribution in [2.24, 2.45) is 0 Å². The molecule has 140 valence electrons. The van der Waals surface area contributed by atoms with E-state index in [4.69, 9.17) is 11.6 Å². The molecule has 1 heterocycles. The fraction of sp³-hybridized carbons (Fsp3) is 0.0909. The van der Waals surface area contributed by atoms with Crippen molar-refractivity contribution in [1.29, 1.82) is 0 Å². The fourth-order valence-corrected chi connectivity index (χ4v) is 3.76. The zero-order valence-corrected chi connectivity index (χ0v) is 17.7. The van der Waals surface area contributed by atoms with Crippen LogP contribution < -0.4 is 5.32 Å². The van der Waals surface area contributed by atoms with Gasteiger partial charge in [-0.05, 0) is 72.6 Å². The summed E-state index contributed by atoms with van der Waals surface area (Å²) < 4.78 is 2.69. The molecule has 1 aromatic heterocycles. The summed E-state index contributed by atoms with van der Waals surface area (Å²) in [6, 6.07) is 19.4. The lowest BCUT2D eigenvalue weighted by molar-refractivity contribution is 0.101. The maximum atomic E-state index is 12.9.